The van der Waals surface area contributed by atoms with Gasteiger partial charge in [0.05, 0.1) is 18.2 Å². The summed E-state index contributed by atoms with van der Waals surface area (Å²) in [6, 6.07) is 3.32. The molecule has 1 saturated carbocycles. The van der Waals surface area contributed by atoms with Crippen molar-refractivity contribution >= 4 is 17.9 Å². The molecule has 1 aromatic rings. The SMILES string of the molecule is CC(C)(C)OC(=O)N[C@H]1CCCC[C@H]1NC(=O)CNC(=O)c1cccc(C(F)(F)F)c1. The molecule has 3 amide bonds. The van der Waals surface area contributed by atoms with E-state index in [1.807, 2.05) is 0 Å². The predicted molar refractivity (Wildman–Crippen MR) is 107 cm³/mol. The summed E-state index contributed by atoms with van der Waals surface area (Å²) >= 11 is 0. The van der Waals surface area contributed by atoms with Crippen LogP contribution in [0.2, 0.25) is 0 Å². The van der Waals surface area contributed by atoms with Crippen LogP contribution < -0.4 is 16.0 Å². The molecule has 1 aliphatic rings. The predicted octanol–water partition coefficient (Wildman–Crippen LogP) is 3.39. The average molecular weight is 443 g/mol. The number of hydrogen-bond acceptors (Lipinski definition) is 4. The average Bonchev–Trinajstić information content (AvgIpc) is 2.65. The van der Waals surface area contributed by atoms with E-state index in [0.717, 1.165) is 31.0 Å². The molecule has 7 nitrogen and oxygen atoms in total. The molecule has 0 radical (unpaired) electrons. The third kappa shape index (κ3) is 8.10. The van der Waals surface area contributed by atoms with Gasteiger partial charge in [-0.3, -0.25) is 9.59 Å². The van der Waals surface area contributed by atoms with Gasteiger partial charge in [-0.15, -0.1) is 0 Å². The first-order valence-corrected chi connectivity index (χ1v) is 10.1. The van der Waals surface area contributed by atoms with Crippen LogP contribution in [0.15, 0.2) is 24.3 Å². The van der Waals surface area contributed by atoms with Crippen molar-refractivity contribution in [2.45, 2.75) is 70.3 Å². The van der Waals surface area contributed by atoms with E-state index in [0.29, 0.717) is 12.8 Å². The fourth-order valence-electron chi connectivity index (χ4n) is 3.29. The summed E-state index contributed by atoms with van der Waals surface area (Å²) in [5, 5.41) is 7.87. The lowest BCUT2D eigenvalue weighted by Crippen LogP contribution is -2.55. The molecule has 2 rings (SSSR count). The maximum atomic E-state index is 12.8. The first-order chi connectivity index (χ1) is 14.3. The number of hydrogen-bond donors (Lipinski definition) is 3. The molecule has 0 aliphatic heterocycles. The Morgan fingerprint density at radius 2 is 1.65 bits per heavy atom. The number of benzene rings is 1. The van der Waals surface area contributed by atoms with Crippen molar-refractivity contribution in [3.63, 3.8) is 0 Å². The number of carbonyl (C=O) groups is 3. The monoisotopic (exact) mass is 443 g/mol. The Balaban J connectivity index is 1.89. The van der Waals surface area contributed by atoms with Gasteiger partial charge < -0.3 is 20.7 Å². The van der Waals surface area contributed by atoms with Crippen LogP contribution in [0.4, 0.5) is 18.0 Å². The van der Waals surface area contributed by atoms with E-state index in [2.05, 4.69) is 16.0 Å². The molecule has 0 aromatic heterocycles. The van der Waals surface area contributed by atoms with E-state index in [4.69, 9.17) is 4.74 Å². The van der Waals surface area contributed by atoms with E-state index in [1.54, 1.807) is 20.8 Å². The second-order valence-corrected chi connectivity index (χ2v) is 8.47. The minimum atomic E-state index is -4.56. The largest absolute Gasteiger partial charge is 0.444 e. The van der Waals surface area contributed by atoms with Gasteiger partial charge in [-0.05, 0) is 51.8 Å². The third-order valence-corrected chi connectivity index (χ3v) is 4.68. The fourth-order valence-corrected chi connectivity index (χ4v) is 3.29. The van der Waals surface area contributed by atoms with Crippen LogP contribution in [-0.2, 0) is 15.7 Å². The molecule has 0 unspecified atom stereocenters. The zero-order valence-corrected chi connectivity index (χ0v) is 17.8. The molecule has 0 saturated heterocycles. The molecule has 172 valence electrons. The number of alkyl halides is 3. The smallest absolute Gasteiger partial charge is 0.416 e. The number of halogens is 3. The quantitative estimate of drug-likeness (QED) is 0.650. The Labute approximate surface area is 179 Å². The van der Waals surface area contributed by atoms with E-state index >= 15 is 0 Å². The Bertz CT molecular complexity index is 806. The lowest BCUT2D eigenvalue weighted by atomic mass is 9.90. The van der Waals surface area contributed by atoms with E-state index in [1.165, 1.54) is 6.07 Å². The summed E-state index contributed by atoms with van der Waals surface area (Å²) in [5.74, 6) is -1.28. The molecule has 1 fully saturated rings. The summed E-state index contributed by atoms with van der Waals surface area (Å²) in [6.07, 6.45) is -2.07. The second-order valence-electron chi connectivity index (χ2n) is 8.47. The van der Waals surface area contributed by atoms with Gasteiger partial charge in [0.25, 0.3) is 5.91 Å². The highest BCUT2D eigenvalue weighted by Gasteiger charge is 2.31. The number of alkyl carbamates (subject to hydrolysis) is 1. The third-order valence-electron chi connectivity index (χ3n) is 4.68. The van der Waals surface area contributed by atoms with Crippen LogP contribution in [0, 0.1) is 0 Å². The zero-order chi connectivity index (χ0) is 23.2. The molecular formula is C21H28F3N3O4. The molecule has 0 spiro atoms. The van der Waals surface area contributed by atoms with Gasteiger partial charge >= 0.3 is 12.3 Å². The molecule has 3 N–H and O–H groups in total. The van der Waals surface area contributed by atoms with Crippen LogP contribution >= 0.6 is 0 Å². The van der Waals surface area contributed by atoms with Crippen LogP contribution in [0.5, 0.6) is 0 Å². The van der Waals surface area contributed by atoms with Crippen molar-refractivity contribution < 1.29 is 32.3 Å². The van der Waals surface area contributed by atoms with Gasteiger partial charge in [0, 0.05) is 11.6 Å². The number of carbonyl (C=O) groups excluding carboxylic acids is 3. The maximum absolute atomic E-state index is 12.8. The summed E-state index contributed by atoms with van der Waals surface area (Å²) < 4.78 is 43.6. The summed E-state index contributed by atoms with van der Waals surface area (Å²) in [6.45, 7) is 4.85. The van der Waals surface area contributed by atoms with Crippen LogP contribution in [0.3, 0.4) is 0 Å². The van der Waals surface area contributed by atoms with Crippen molar-refractivity contribution in [1.82, 2.24) is 16.0 Å². The minimum absolute atomic E-state index is 0.190. The number of rotatable bonds is 5. The first-order valence-electron chi connectivity index (χ1n) is 10.1. The Morgan fingerprint density at radius 3 is 2.23 bits per heavy atom. The molecule has 2 atom stereocenters. The van der Waals surface area contributed by atoms with Crippen molar-refractivity contribution in [2.75, 3.05) is 6.54 Å². The van der Waals surface area contributed by atoms with Crippen molar-refractivity contribution in [3.8, 4) is 0 Å². The standard InChI is InChI=1S/C21H28F3N3O4/c1-20(2,3)31-19(30)27-16-10-5-4-9-15(16)26-17(28)12-25-18(29)13-7-6-8-14(11-13)21(22,23)24/h6-8,11,15-16H,4-5,9-10,12H2,1-3H3,(H,25,29)(H,26,28)(H,27,30)/t15-,16+/m1/s1. The molecule has 10 heteroatoms. The molecular weight excluding hydrogens is 415 g/mol. The molecule has 31 heavy (non-hydrogen) atoms. The molecule has 0 heterocycles. The van der Waals surface area contributed by atoms with Gasteiger partial charge in [0.15, 0.2) is 0 Å². The number of nitrogens with one attached hydrogen (secondary N) is 3. The highest BCUT2D eigenvalue weighted by molar-refractivity contribution is 5.96. The van der Waals surface area contributed by atoms with Gasteiger partial charge in [-0.1, -0.05) is 18.9 Å². The maximum Gasteiger partial charge on any atom is 0.416 e. The summed E-state index contributed by atoms with van der Waals surface area (Å²) in [4.78, 5) is 36.5. The molecule has 1 aromatic carbocycles. The highest BCUT2D eigenvalue weighted by Crippen LogP contribution is 2.29. The summed E-state index contributed by atoms with van der Waals surface area (Å²) in [7, 11) is 0. The Kier molecular flexibility index (Phi) is 7.91. The van der Waals surface area contributed by atoms with Gasteiger partial charge in [-0.2, -0.15) is 13.2 Å². The lowest BCUT2D eigenvalue weighted by Gasteiger charge is -2.33. The highest BCUT2D eigenvalue weighted by atomic mass is 19.4. The first kappa shape index (κ1) is 24.5. The van der Waals surface area contributed by atoms with Gasteiger partial charge in [-0.25, -0.2) is 4.79 Å². The summed E-state index contributed by atoms with van der Waals surface area (Å²) in [5.41, 5.74) is -1.78. The van der Waals surface area contributed by atoms with Crippen molar-refractivity contribution in [1.29, 1.82) is 0 Å². The van der Waals surface area contributed by atoms with Gasteiger partial charge in [0.2, 0.25) is 5.91 Å². The van der Waals surface area contributed by atoms with Crippen LogP contribution in [0.25, 0.3) is 0 Å². The number of ether oxygens (including phenoxy) is 1. The number of amides is 3. The van der Waals surface area contributed by atoms with Crippen molar-refractivity contribution in [2.24, 2.45) is 0 Å². The molecule has 0 bridgehead atoms. The normalized spacial score (nSPS) is 19.3. The van der Waals surface area contributed by atoms with E-state index in [-0.39, 0.29) is 17.6 Å². The van der Waals surface area contributed by atoms with Crippen LogP contribution in [0.1, 0.15) is 62.4 Å². The van der Waals surface area contributed by atoms with Gasteiger partial charge in [0.1, 0.15) is 5.60 Å². The Morgan fingerprint density at radius 1 is 1.03 bits per heavy atom. The lowest BCUT2D eigenvalue weighted by molar-refractivity contribution is -0.137. The zero-order valence-electron chi connectivity index (χ0n) is 17.8. The molecule has 1 aliphatic carbocycles. The van der Waals surface area contributed by atoms with E-state index < -0.39 is 41.8 Å². The fraction of sp³-hybridized carbons (Fsp3) is 0.571. The topological polar surface area (TPSA) is 96.5 Å². The van der Waals surface area contributed by atoms with Crippen molar-refractivity contribution in [3.05, 3.63) is 35.4 Å². The Hall–Kier alpha value is -2.78. The van der Waals surface area contributed by atoms with Crippen LogP contribution in [-0.4, -0.2) is 42.1 Å². The second kappa shape index (κ2) is 10.0. The van der Waals surface area contributed by atoms with E-state index in [9.17, 15) is 27.6 Å². The minimum Gasteiger partial charge on any atom is -0.444 e.